The average Bonchev–Trinajstić information content (AvgIpc) is 3.01. The Bertz CT molecular complexity index is 1180. The summed E-state index contributed by atoms with van der Waals surface area (Å²) in [4.78, 5) is 11.9. The van der Waals surface area contributed by atoms with Crippen LogP contribution in [0.5, 0.6) is 5.75 Å². The number of ether oxygens (including phenoxy) is 2. The number of aromatic hydroxyl groups is 1. The molecule has 2 unspecified atom stereocenters. The molecule has 0 heterocycles. The van der Waals surface area contributed by atoms with Gasteiger partial charge >= 0.3 is 5.85 Å². The van der Waals surface area contributed by atoms with E-state index in [-0.39, 0.29) is 17.6 Å². The summed E-state index contributed by atoms with van der Waals surface area (Å²) in [6.45, 7) is 17.9. The van der Waals surface area contributed by atoms with Crippen LogP contribution in [0.4, 0.5) is 8.78 Å². The highest BCUT2D eigenvalue weighted by atomic mass is 31.0. The summed E-state index contributed by atoms with van der Waals surface area (Å²) in [7, 11) is 3.07. The van der Waals surface area contributed by atoms with E-state index < -0.39 is 5.85 Å². The number of ketones is 1. The minimum atomic E-state index is -3.08. The molecule has 0 saturated heterocycles. The Labute approximate surface area is 278 Å². The number of rotatable bonds is 14. The number of phenolic OH excluding ortho intramolecular Hbond substituents is 1. The highest BCUT2D eigenvalue weighted by Crippen LogP contribution is 2.42. The van der Waals surface area contributed by atoms with E-state index in [4.69, 9.17) is 4.74 Å². The van der Waals surface area contributed by atoms with Crippen LogP contribution < -0.4 is 5.32 Å². The standard InChI is InChI=1S/C15H23NO3.C12H15F2OP.C7H14N2.C2H6/c1-4-12-13(14(17)5-2)8-11(9-15(12)18)10-16-6-7-19-3;1-8-3-2-4-9(5-8)10-6-11(7-10)15-12(13,14)16;1-4-7(3)6-9-8-5-2;1-2/h8-9,16,18H,4-7,10H2,1-3H3;2-5,10-11H,6-7,16H2,1H3;5-7H,4H2,1-3H3;1-2H3/b;;8-5-,9-6-;. The van der Waals surface area contributed by atoms with Gasteiger partial charge < -0.3 is 19.9 Å². The molecule has 2 aromatic carbocycles. The first-order chi connectivity index (χ1) is 21.9. The van der Waals surface area contributed by atoms with E-state index in [1.165, 1.54) is 20.4 Å². The molecule has 7 nitrogen and oxygen atoms in total. The number of halogens is 2. The second-order valence-corrected chi connectivity index (χ2v) is 11.5. The van der Waals surface area contributed by atoms with Gasteiger partial charge in [0.1, 0.15) is 5.75 Å². The smallest absolute Gasteiger partial charge is 0.367 e. The van der Waals surface area contributed by atoms with Crippen LogP contribution in [-0.2, 0) is 22.4 Å². The van der Waals surface area contributed by atoms with Crippen molar-refractivity contribution in [3.63, 3.8) is 0 Å². The molecule has 2 atom stereocenters. The van der Waals surface area contributed by atoms with E-state index >= 15 is 0 Å². The molecule has 0 aliphatic heterocycles. The number of carbonyl (C=O) groups is 1. The summed E-state index contributed by atoms with van der Waals surface area (Å²) >= 11 is 0. The van der Waals surface area contributed by atoms with Gasteiger partial charge in [-0.25, -0.2) is 0 Å². The lowest BCUT2D eigenvalue weighted by Gasteiger charge is -2.36. The number of hydrogen-bond acceptors (Lipinski definition) is 7. The molecular weight excluding hydrogens is 607 g/mol. The number of hydrogen-bond donors (Lipinski definition) is 2. The lowest BCUT2D eigenvalue weighted by Crippen LogP contribution is -2.34. The Kier molecular flexibility index (Phi) is 23.2. The molecule has 1 saturated carbocycles. The Morgan fingerprint density at radius 2 is 1.85 bits per heavy atom. The third-order valence-electron chi connectivity index (χ3n) is 7.15. The molecule has 2 aromatic rings. The molecular formula is C36H58F2N3O4P. The second-order valence-electron chi connectivity index (χ2n) is 10.8. The number of benzene rings is 2. The minimum Gasteiger partial charge on any atom is -0.508 e. The van der Waals surface area contributed by atoms with E-state index in [1.54, 1.807) is 19.4 Å². The number of methoxy groups -OCH3 is 1. The highest BCUT2D eigenvalue weighted by Gasteiger charge is 2.37. The maximum Gasteiger partial charge on any atom is 0.367 e. The normalized spacial score (nSPS) is 16.3. The molecule has 0 radical (unpaired) electrons. The van der Waals surface area contributed by atoms with Crippen molar-refractivity contribution in [2.75, 3.05) is 20.3 Å². The molecule has 1 aliphatic carbocycles. The van der Waals surface area contributed by atoms with Crippen LogP contribution in [0.15, 0.2) is 46.6 Å². The van der Waals surface area contributed by atoms with Crippen molar-refractivity contribution >= 4 is 27.5 Å². The van der Waals surface area contributed by atoms with Gasteiger partial charge in [-0.2, -0.15) is 19.0 Å². The maximum absolute atomic E-state index is 12.5. The van der Waals surface area contributed by atoms with Gasteiger partial charge in [0.2, 0.25) is 0 Å². The van der Waals surface area contributed by atoms with Gasteiger partial charge in [0.15, 0.2) is 5.78 Å². The van der Waals surface area contributed by atoms with Crippen molar-refractivity contribution in [1.29, 1.82) is 0 Å². The predicted octanol–water partition coefficient (Wildman–Crippen LogP) is 9.10. The molecule has 260 valence electrons. The van der Waals surface area contributed by atoms with Crippen molar-refractivity contribution in [2.24, 2.45) is 16.1 Å². The van der Waals surface area contributed by atoms with E-state index in [0.717, 1.165) is 24.1 Å². The SMILES string of the molecule is C/C=N\N=C/C(C)CC.CC.CCC(=O)c1cc(CNCCOC)cc(O)c1CC.Cc1cccc(C2CC(OC(F)(F)P)C2)c1. The molecule has 0 bridgehead atoms. The number of alkyl halides is 2. The molecule has 0 aromatic heterocycles. The summed E-state index contributed by atoms with van der Waals surface area (Å²) in [5, 5.41) is 20.7. The van der Waals surface area contributed by atoms with E-state index in [9.17, 15) is 18.7 Å². The molecule has 2 N–H and O–H groups in total. The van der Waals surface area contributed by atoms with E-state index in [2.05, 4.69) is 40.2 Å². The van der Waals surface area contributed by atoms with Crippen LogP contribution in [0, 0.1) is 12.8 Å². The number of nitrogens with one attached hydrogen (secondary N) is 1. The fourth-order valence-electron chi connectivity index (χ4n) is 4.44. The van der Waals surface area contributed by atoms with Gasteiger partial charge in [0, 0.05) is 50.2 Å². The zero-order chi connectivity index (χ0) is 35.1. The zero-order valence-corrected chi connectivity index (χ0v) is 30.6. The predicted molar refractivity (Wildman–Crippen MR) is 192 cm³/mol. The van der Waals surface area contributed by atoms with Crippen molar-refractivity contribution in [3.8, 4) is 5.75 Å². The number of carbonyl (C=O) groups excluding carboxylic acids is 1. The highest BCUT2D eigenvalue weighted by molar-refractivity contribution is 7.17. The summed E-state index contributed by atoms with van der Waals surface area (Å²) < 4.78 is 34.6. The van der Waals surface area contributed by atoms with Gasteiger partial charge in [0.05, 0.1) is 12.7 Å². The van der Waals surface area contributed by atoms with Crippen molar-refractivity contribution < 1.29 is 28.2 Å². The monoisotopic (exact) mass is 665 g/mol. The first kappa shape index (κ1) is 43.4. The number of phenols is 1. The average molecular weight is 666 g/mol. The Balaban J connectivity index is 0.000000679. The topological polar surface area (TPSA) is 92.5 Å². The van der Waals surface area contributed by atoms with Gasteiger partial charge in [-0.1, -0.05) is 71.4 Å². The number of aryl methyl sites for hydroxylation is 1. The fraction of sp³-hybridized carbons (Fsp3) is 0.583. The lowest BCUT2D eigenvalue weighted by atomic mass is 9.77. The third kappa shape index (κ3) is 17.9. The summed E-state index contributed by atoms with van der Waals surface area (Å²) in [5.74, 6) is -1.87. The largest absolute Gasteiger partial charge is 0.508 e. The molecule has 0 amide bonds. The summed E-state index contributed by atoms with van der Waals surface area (Å²) in [6.07, 6.45) is 6.85. The second kappa shape index (κ2) is 24.6. The lowest BCUT2D eigenvalue weighted by molar-refractivity contribution is -0.213. The zero-order valence-electron chi connectivity index (χ0n) is 29.4. The molecule has 1 aliphatic rings. The van der Waals surface area contributed by atoms with Crippen LogP contribution in [0.25, 0.3) is 0 Å². The first-order valence-corrected chi connectivity index (χ1v) is 17.0. The minimum absolute atomic E-state index is 0.0749. The van der Waals surface area contributed by atoms with Crippen LogP contribution in [0.3, 0.4) is 0 Å². The van der Waals surface area contributed by atoms with Crippen LogP contribution in [0.1, 0.15) is 113 Å². The summed E-state index contributed by atoms with van der Waals surface area (Å²) in [5.41, 5.74) is 4.74. The van der Waals surface area contributed by atoms with Crippen LogP contribution in [-0.4, -0.2) is 55.5 Å². The van der Waals surface area contributed by atoms with Gasteiger partial charge in [-0.3, -0.25) is 4.79 Å². The molecule has 10 heteroatoms. The molecule has 1 fully saturated rings. The fourth-order valence-corrected chi connectivity index (χ4v) is 4.63. The molecule has 3 rings (SSSR count). The quantitative estimate of drug-likeness (QED) is 0.0691. The molecule has 46 heavy (non-hydrogen) atoms. The summed E-state index contributed by atoms with van der Waals surface area (Å²) in [6, 6.07) is 11.8. The molecule has 0 spiro atoms. The number of Topliss-reactive ketones (excluding diaryl/α,β-unsaturated/α-hetero) is 1. The Morgan fingerprint density at radius 3 is 2.37 bits per heavy atom. The number of nitrogens with zero attached hydrogens (tertiary/aromatic N) is 2. The van der Waals surface area contributed by atoms with Gasteiger partial charge in [-0.05, 0) is 83.9 Å². The van der Waals surface area contributed by atoms with Gasteiger partial charge in [-0.15, -0.1) is 0 Å². The van der Waals surface area contributed by atoms with Crippen LogP contribution in [0.2, 0.25) is 0 Å². The first-order valence-electron chi connectivity index (χ1n) is 16.4. The third-order valence-corrected chi connectivity index (χ3v) is 7.29. The van der Waals surface area contributed by atoms with Gasteiger partial charge in [0.25, 0.3) is 0 Å². The Morgan fingerprint density at radius 1 is 1.17 bits per heavy atom. The Hall–Kier alpha value is -2.58. The van der Waals surface area contributed by atoms with E-state index in [1.807, 2.05) is 72.0 Å². The van der Waals surface area contributed by atoms with Crippen molar-refractivity contribution in [3.05, 3.63) is 64.2 Å². The maximum atomic E-state index is 12.5. The van der Waals surface area contributed by atoms with Crippen LogP contribution >= 0.6 is 9.24 Å². The van der Waals surface area contributed by atoms with E-state index in [0.29, 0.717) is 56.2 Å². The van der Waals surface area contributed by atoms with Crippen molar-refractivity contribution in [2.45, 2.75) is 112 Å². The van der Waals surface area contributed by atoms with Crippen molar-refractivity contribution in [1.82, 2.24) is 5.32 Å².